The number of likely N-dealkylation sites (tertiary alicyclic amines) is 1. The van der Waals surface area contributed by atoms with Gasteiger partial charge in [0.2, 0.25) is 5.91 Å². The molecule has 1 amide bonds. The van der Waals surface area contributed by atoms with Crippen molar-refractivity contribution in [3.8, 4) is 0 Å². The average Bonchev–Trinajstić information content (AvgIpc) is 3.21. The number of carbonyl (C=O) groups is 1. The summed E-state index contributed by atoms with van der Waals surface area (Å²) < 4.78 is 5.91. The number of hydrogen-bond acceptors (Lipinski definition) is 3. The lowest BCUT2D eigenvalue weighted by atomic mass is 10.1. The molecule has 0 spiro atoms. The molecule has 2 N–H and O–H groups in total. The largest absolute Gasteiger partial charge is 0.461 e. The number of benzene rings is 2. The van der Waals surface area contributed by atoms with Crippen molar-refractivity contribution < 1.29 is 9.21 Å². The smallest absolute Gasteiger partial charge is 0.230 e. The number of carbonyl (C=O) groups excluding carboxylic acids is 1. The third kappa shape index (κ3) is 2.78. The first-order valence-electron chi connectivity index (χ1n) is 8.62. The molecule has 1 saturated heterocycles. The van der Waals surface area contributed by atoms with E-state index in [-0.39, 0.29) is 5.91 Å². The second kappa shape index (κ2) is 6.29. The minimum absolute atomic E-state index is 0.151. The first kappa shape index (κ1) is 15.2. The van der Waals surface area contributed by atoms with Gasteiger partial charge in [-0.15, -0.1) is 0 Å². The number of nitrogens with zero attached hydrogens (tertiary/aromatic N) is 1. The number of hydrogen-bond donors (Lipinski definition) is 1. The zero-order valence-electron chi connectivity index (χ0n) is 13.7. The summed E-state index contributed by atoms with van der Waals surface area (Å²) in [4.78, 5) is 14.5. The van der Waals surface area contributed by atoms with Gasteiger partial charge in [0.15, 0.2) is 0 Å². The molecule has 0 radical (unpaired) electrons. The molecule has 24 heavy (non-hydrogen) atoms. The fourth-order valence-electron chi connectivity index (χ4n) is 3.72. The topological polar surface area (TPSA) is 59.5 Å². The number of fused-ring (bicyclic) bond motifs is 3. The Morgan fingerprint density at radius 2 is 2.08 bits per heavy atom. The minimum atomic E-state index is 0.151. The summed E-state index contributed by atoms with van der Waals surface area (Å²) >= 11 is 0. The Morgan fingerprint density at radius 1 is 1.21 bits per heavy atom. The van der Waals surface area contributed by atoms with Crippen molar-refractivity contribution in [3.63, 3.8) is 0 Å². The lowest BCUT2D eigenvalue weighted by Gasteiger charge is -2.15. The highest BCUT2D eigenvalue weighted by molar-refractivity contribution is 6.06. The second-order valence-electron chi connectivity index (χ2n) is 6.66. The van der Waals surface area contributed by atoms with Crippen molar-refractivity contribution in [1.82, 2.24) is 4.90 Å². The van der Waals surface area contributed by atoms with Gasteiger partial charge in [-0.2, -0.15) is 0 Å². The molecule has 2 aromatic carbocycles. The van der Waals surface area contributed by atoms with Crippen molar-refractivity contribution in [2.45, 2.75) is 19.3 Å². The van der Waals surface area contributed by atoms with Crippen molar-refractivity contribution >= 4 is 27.6 Å². The summed E-state index contributed by atoms with van der Waals surface area (Å²) in [6, 6.07) is 14.3. The van der Waals surface area contributed by atoms with Crippen molar-refractivity contribution in [3.05, 3.63) is 48.2 Å². The molecule has 4 nitrogen and oxygen atoms in total. The van der Waals surface area contributed by atoms with Crippen LogP contribution in [0, 0.1) is 5.92 Å². The minimum Gasteiger partial charge on any atom is -0.461 e. The second-order valence-corrected chi connectivity index (χ2v) is 6.66. The fourth-order valence-corrected chi connectivity index (χ4v) is 3.72. The molecule has 1 aromatic heterocycles. The van der Waals surface area contributed by atoms with Gasteiger partial charge in [0.05, 0.1) is 6.42 Å². The Morgan fingerprint density at radius 3 is 2.96 bits per heavy atom. The average molecular weight is 322 g/mol. The van der Waals surface area contributed by atoms with E-state index < -0.39 is 0 Å². The number of furan rings is 1. The molecular formula is C20H22N2O2. The molecule has 2 heterocycles. The van der Waals surface area contributed by atoms with Crippen LogP contribution in [0.4, 0.5) is 0 Å². The summed E-state index contributed by atoms with van der Waals surface area (Å²) in [5.74, 6) is 1.45. The van der Waals surface area contributed by atoms with Crippen LogP contribution in [0.5, 0.6) is 0 Å². The molecule has 0 bridgehead atoms. The van der Waals surface area contributed by atoms with Crippen LogP contribution in [0.1, 0.15) is 18.6 Å². The molecule has 0 aliphatic carbocycles. The van der Waals surface area contributed by atoms with E-state index in [9.17, 15) is 4.79 Å². The van der Waals surface area contributed by atoms with Crippen LogP contribution in [-0.2, 0) is 11.2 Å². The van der Waals surface area contributed by atoms with Crippen LogP contribution < -0.4 is 5.73 Å². The molecular weight excluding hydrogens is 300 g/mol. The van der Waals surface area contributed by atoms with Gasteiger partial charge in [0, 0.05) is 18.5 Å². The molecule has 1 aliphatic heterocycles. The number of amides is 1. The van der Waals surface area contributed by atoms with Gasteiger partial charge in [-0.05, 0) is 48.2 Å². The Kier molecular flexibility index (Phi) is 3.98. The summed E-state index contributed by atoms with van der Waals surface area (Å²) in [6.07, 6.45) is 2.40. The zero-order valence-corrected chi connectivity index (χ0v) is 13.7. The van der Waals surface area contributed by atoms with E-state index in [0.717, 1.165) is 42.7 Å². The Hall–Kier alpha value is -2.33. The standard InChI is InChI=1S/C20H22N2O2/c21-9-7-14-8-10-22(13-14)20(23)12-16-11-18-17-4-2-1-3-15(17)5-6-19(18)24-16/h1-6,11,14H,7-10,12-13,21H2. The van der Waals surface area contributed by atoms with E-state index in [4.69, 9.17) is 10.2 Å². The lowest BCUT2D eigenvalue weighted by Crippen LogP contribution is -2.30. The molecule has 124 valence electrons. The molecule has 3 aromatic rings. The van der Waals surface area contributed by atoms with Crippen LogP contribution in [-0.4, -0.2) is 30.4 Å². The maximum atomic E-state index is 12.5. The predicted octanol–water partition coefficient (Wildman–Crippen LogP) is 3.33. The van der Waals surface area contributed by atoms with Crippen LogP contribution >= 0.6 is 0 Å². The Labute approximate surface area is 141 Å². The van der Waals surface area contributed by atoms with Gasteiger partial charge in [-0.25, -0.2) is 0 Å². The molecule has 1 atom stereocenters. The van der Waals surface area contributed by atoms with E-state index >= 15 is 0 Å². The summed E-state index contributed by atoms with van der Waals surface area (Å²) in [7, 11) is 0. The van der Waals surface area contributed by atoms with Gasteiger partial charge >= 0.3 is 0 Å². The number of nitrogens with two attached hydrogens (primary N) is 1. The van der Waals surface area contributed by atoms with Crippen LogP contribution in [0.25, 0.3) is 21.7 Å². The van der Waals surface area contributed by atoms with Crippen LogP contribution in [0.3, 0.4) is 0 Å². The van der Waals surface area contributed by atoms with E-state index in [1.54, 1.807) is 0 Å². The predicted molar refractivity (Wildman–Crippen MR) is 95.8 cm³/mol. The van der Waals surface area contributed by atoms with Gasteiger partial charge in [0.1, 0.15) is 11.3 Å². The van der Waals surface area contributed by atoms with Gasteiger partial charge in [-0.3, -0.25) is 4.79 Å². The SMILES string of the molecule is NCCC1CCN(C(=O)Cc2cc3c(ccc4ccccc43)o2)C1. The molecule has 4 rings (SSSR count). The Balaban J connectivity index is 1.54. The zero-order chi connectivity index (χ0) is 16.5. The van der Waals surface area contributed by atoms with E-state index in [2.05, 4.69) is 18.2 Å². The first-order valence-corrected chi connectivity index (χ1v) is 8.62. The Bertz CT molecular complexity index is 884. The van der Waals surface area contributed by atoms with Gasteiger partial charge in [0.25, 0.3) is 0 Å². The quantitative estimate of drug-likeness (QED) is 0.801. The van der Waals surface area contributed by atoms with Crippen LogP contribution in [0.2, 0.25) is 0 Å². The lowest BCUT2D eigenvalue weighted by molar-refractivity contribution is -0.129. The fraction of sp³-hybridized carbons (Fsp3) is 0.350. The van der Waals surface area contributed by atoms with Gasteiger partial charge < -0.3 is 15.1 Å². The first-order chi connectivity index (χ1) is 11.7. The molecule has 1 aliphatic rings. The van der Waals surface area contributed by atoms with Gasteiger partial charge in [-0.1, -0.05) is 30.3 Å². The van der Waals surface area contributed by atoms with Crippen molar-refractivity contribution in [1.29, 1.82) is 0 Å². The highest BCUT2D eigenvalue weighted by Gasteiger charge is 2.26. The summed E-state index contributed by atoms with van der Waals surface area (Å²) in [5, 5.41) is 3.44. The molecule has 1 unspecified atom stereocenters. The monoisotopic (exact) mass is 322 g/mol. The maximum Gasteiger partial charge on any atom is 0.230 e. The van der Waals surface area contributed by atoms with E-state index in [0.29, 0.717) is 18.9 Å². The highest BCUT2D eigenvalue weighted by Crippen LogP contribution is 2.29. The molecule has 4 heteroatoms. The maximum absolute atomic E-state index is 12.5. The van der Waals surface area contributed by atoms with Crippen LogP contribution in [0.15, 0.2) is 46.9 Å². The van der Waals surface area contributed by atoms with Crippen molar-refractivity contribution in [2.24, 2.45) is 11.7 Å². The van der Waals surface area contributed by atoms with E-state index in [1.807, 2.05) is 29.2 Å². The summed E-state index contributed by atoms with van der Waals surface area (Å²) in [5.41, 5.74) is 6.47. The highest BCUT2D eigenvalue weighted by atomic mass is 16.3. The third-order valence-corrected chi connectivity index (χ3v) is 5.02. The normalized spacial score (nSPS) is 17.9. The number of rotatable bonds is 4. The molecule has 0 saturated carbocycles. The molecule has 1 fully saturated rings. The summed E-state index contributed by atoms with van der Waals surface area (Å²) in [6.45, 7) is 2.37. The van der Waals surface area contributed by atoms with E-state index in [1.165, 1.54) is 10.8 Å². The van der Waals surface area contributed by atoms with Crippen molar-refractivity contribution in [2.75, 3.05) is 19.6 Å². The third-order valence-electron chi connectivity index (χ3n) is 5.02.